The van der Waals surface area contributed by atoms with Crippen LogP contribution in [0, 0.1) is 5.82 Å². The number of carbonyl (C=O) groups excluding carboxylic acids is 1. The van der Waals surface area contributed by atoms with E-state index in [2.05, 4.69) is 0 Å². The van der Waals surface area contributed by atoms with E-state index in [9.17, 15) is 9.18 Å². The average Bonchev–Trinajstić information content (AvgIpc) is 3.11. The number of rotatable bonds is 7. The van der Waals surface area contributed by atoms with Gasteiger partial charge in [-0.05, 0) is 48.0 Å². The molecule has 3 aromatic rings. The summed E-state index contributed by atoms with van der Waals surface area (Å²) in [6, 6.07) is 16.8. The van der Waals surface area contributed by atoms with Gasteiger partial charge in [0.05, 0.1) is 29.8 Å². The Kier molecular flexibility index (Phi) is 7.41. The molecule has 0 aromatic heterocycles. The molecule has 1 amide bonds. The molecule has 0 N–H and O–H groups in total. The third-order valence-electron chi connectivity index (χ3n) is 5.04. The van der Waals surface area contributed by atoms with Gasteiger partial charge in [-0.25, -0.2) is 4.39 Å². The highest BCUT2D eigenvalue weighted by molar-refractivity contribution is 8.27. The summed E-state index contributed by atoms with van der Waals surface area (Å²) in [6.07, 6.45) is 1.72. The zero-order chi connectivity index (χ0) is 24.2. The summed E-state index contributed by atoms with van der Waals surface area (Å²) in [5.74, 6) is 0.688. The molecular formula is C25H19ClFNO4S2. The summed E-state index contributed by atoms with van der Waals surface area (Å²) >= 11 is 12.8. The van der Waals surface area contributed by atoms with Crippen molar-refractivity contribution in [1.29, 1.82) is 0 Å². The van der Waals surface area contributed by atoms with E-state index in [1.54, 1.807) is 49.6 Å². The van der Waals surface area contributed by atoms with Gasteiger partial charge >= 0.3 is 0 Å². The zero-order valence-electron chi connectivity index (χ0n) is 18.2. The molecule has 0 unspecified atom stereocenters. The van der Waals surface area contributed by atoms with E-state index in [1.165, 1.54) is 35.9 Å². The van der Waals surface area contributed by atoms with Gasteiger partial charge in [-0.1, -0.05) is 59.8 Å². The fourth-order valence-electron chi connectivity index (χ4n) is 3.36. The van der Waals surface area contributed by atoms with Gasteiger partial charge in [0.25, 0.3) is 5.91 Å². The number of amides is 1. The van der Waals surface area contributed by atoms with Crippen molar-refractivity contribution < 1.29 is 23.4 Å². The van der Waals surface area contributed by atoms with E-state index >= 15 is 0 Å². The van der Waals surface area contributed by atoms with Gasteiger partial charge < -0.3 is 14.2 Å². The van der Waals surface area contributed by atoms with E-state index in [1.807, 2.05) is 12.1 Å². The second-order valence-corrected chi connectivity index (χ2v) is 9.17. The van der Waals surface area contributed by atoms with Gasteiger partial charge in [0, 0.05) is 5.56 Å². The maximum atomic E-state index is 14.1. The number of thioether (sulfide) groups is 1. The second-order valence-electron chi connectivity index (χ2n) is 7.09. The molecule has 1 aliphatic rings. The first-order valence-electron chi connectivity index (χ1n) is 10.1. The van der Waals surface area contributed by atoms with Crippen molar-refractivity contribution in [3.05, 3.63) is 87.5 Å². The molecule has 1 heterocycles. The molecule has 9 heteroatoms. The number of thiocarbonyl (C=S) groups is 1. The lowest BCUT2D eigenvalue weighted by atomic mass is 10.1. The summed E-state index contributed by atoms with van der Waals surface area (Å²) in [4.78, 5) is 15.1. The third kappa shape index (κ3) is 4.89. The first-order valence-corrected chi connectivity index (χ1v) is 11.7. The number of hydrogen-bond donors (Lipinski definition) is 0. The summed E-state index contributed by atoms with van der Waals surface area (Å²) in [5, 5.41) is 0.273. The smallest absolute Gasteiger partial charge is 0.270 e. The molecule has 4 rings (SSSR count). The van der Waals surface area contributed by atoms with E-state index in [0.717, 1.165) is 0 Å². The Labute approximate surface area is 211 Å². The monoisotopic (exact) mass is 515 g/mol. The maximum Gasteiger partial charge on any atom is 0.270 e. The molecule has 34 heavy (non-hydrogen) atoms. The molecule has 1 saturated heterocycles. The lowest BCUT2D eigenvalue weighted by Gasteiger charge is -2.17. The average molecular weight is 516 g/mol. The Bertz CT molecular complexity index is 1280. The van der Waals surface area contributed by atoms with Crippen LogP contribution in [0.3, 0.4) is 0 Å². The molecule has 0 atom stereocenters. The van der Waals surface area contributed by atoms with Crippen LogP contribution in [0.4, 0.5) is 10.1 Å². The van der Waals surface area contributed by atoms with Crippen LogP contribution in [0.15, 0.2) is 65.6 Å². The van der Waals surface area contributed by atoms with Crippen LogP contribution in [-0.2, 0) is 11.4 Å². The largest absolute Gasteiger partial charge is 0.495 e. The second kappa shape index (κ2) is 10.5. The Morgan fingerprint density at radius 1 is 1.03 bits per heavy atom. The van der Waals surface area contributed by atoms with Crippen LogP contribution < -0.4 is 19.1 Å². The predicted octanol–water partition coefficient (Wildman–Crippen LogP) is 6.48. The van der Waals surface area contributed by atoms with Gasteiger partial charge in [0.2, 0.25) is 0 Å². The molecule has 0 spiro atoms. The highest BCUT2D eigenvalue weighted by Crippen LogP contribution is 2.40. The van der Waals surface area contributed by atoms with E-state index < -0.39 is 5.82 Å². The van der Waals surface area contributed by atoms with E-state index in [0.29, 0.717) is 37.7 Å². The predicted molar refractivity (Wildman–Crippen MR) is 137 cm³/mol. The first-order chi connectivity index (χ1) is 16.4. The fourth-order valence-corrected chi connectivity index (χ4v) is 4.86. The van der Waals surface area contributed by atoms with Gasteiger partial charge in [-0.2, -0.15) is 0 Å². The van der Waals surface area contributed by atoms with Crippen molar-refractivity contribution in [3.8, 4) is 17.2 Å². The van der Waals surface area contributed by atoms with Gasteiger partial charge in [-0.15, -0.1) is 0 Å². The van der Waals surface area contributed by atoms with Crippen molar-refractivity contribution in [3.63, 3.8) is 0 Å². The minimum Gasteiger partial charge on any atom is -0.495 e. The first kappa shape index (κ1) is 24.1. The Hall–Kier alpha value is -3.07. The number of methoxy groups -OCH3 is 2. The van der Waals surface area contributed by atoms with E-state index in [4.69, 9.17) is 38.0 Å². The molecule has 0 saturated carbocycles. The molecule has 0 aliphatic carbocycles. The normalized spacial score (nSPS) is 14.6. The van der Waals surface area contributed by atoms with Crippen LogP contribution in [-0.4, -0.2) is 24.4 Å². The third-order valence-corrected chi connectivity index (χ3v) is 6.70. The number of para-hydroxylation sites is 2. The highest BCUT2D eigenvalue weighted by Gasteiger charge is 2.34. The van der Waals surface area contributed by atoms with Crippen molar-refractivity contribution in [2.75, 3.05) is 19.1 Å². The van der Waals surface area contributed by atoms with Crippen molar-refractivity contribution in [1.82, 2.24) is 0 Å². The summed E-state index contributed by atoms with van der Waals surface area (Å²) in [6.45, 7) is -0.0821. The molecule has 0 bridgehead atoms. The summed E-state index contributed by atoms with van der Waals surface area (Å²) in [7, 11) is 3.05. The number of carbonyl (C=O) groups is 1. The number of halogens is 2. The fraction of sp³-hybridized carbons (Fsp3) is 0.120. The molecule has 1 fully saturated rings. The zero-order valence-corrected chi connectivity index (χ0v) is 20.6. The quantitative estimate of drug-likeness (QED) is 0.265. The topological polar surface area (TPSA) is 48.0 Å². The van der Waals surface area contributed by atoms with Crippen LogP contribution in [0.2, 0.25) is 5.02 Å². The van der Waals surface area contributed by atoms with Crippen LogP contribution >= 0.6 is 35.6 Å². The number of benzene rings is 3. The Morgan fingerprint density at radius 2 is 1.79 bits per heavy atom. The summed E-state index contributed by atoms with van der Waals surface area (Å²) < 4.78 is 31.1. The van der Waals surface area contributed by atoms with Crippen molar-refractivity contribution in [2.24, 2.45) is 0 Å². The standard InChI is InChI=1S/C25H19ClFNO4S2/c1-30-20-9-4-3-8-19(20)28-24(29)23(34-25(28)33)13-15-10-11-21(31-2)22(12-15)32-14-16-17(26)6-5-7-18(16)27/h3-13H,14H2,1-2H3/b23-13+. The minimum atomic E-state index is -0.456. The molecule has 0 radical (unpaired) electrons. The lowest BCUT2D eigenvalue weighted by Crippen LogP contribution is -2.27. The van der Waals surface area contributed by atoms with Crippen LogP contribution in [0.25, 0.3) is 6.08 Å². The van der Waals surface area contributed by atoms with Crippen molar-refractivity contribution in [2.45, 2.75) is 6.61 Å². The van der Waals surface area contributed by atoms with E-state index in [-0.39, 0.29) is 23.1 Å². The number of hydrogen-bond acceptors (Lipinski definition) is 6. The maximum absolute atomic E-state index is 14.1. The molecule has 1 aliphatic heterocycles. The minimum absolute atomic E-state index is 0.0821. The molecule has 174 valence electrons. The Balaban J connectivity index is 1.61. The van der Waals surface area contributed by atoms with Gasteiger partial charge in [0.1, 0.15) is 18.2 Å². The number of ether oxygens (including phenoxy) is 3. The van der Waals surface area contributed by atoms with Crippen LogP contribution in [0.1, 0.15) is 11.1 Å². The molecule has 5 nitrogen and oxygen atoms in total. The highest BCUT2D eigenvalue weighted by atomic mass is 35.5. The molecule has 3 aromatic carbocycles. The van der Waals surface area contributed by atoms with Gasteiger partial charge in [-0.3, -0.25) is 9.69 Å². The number of nitrogens with zero attached hydrogens (tertiary/aromatic N) is 1. The van der Waals surface area contributed by atoms with Crippen molar-refractivity contribution >= 4 is 57.6 Å². The lowest BCUT2D eigenvalue weighted by molar-refractivity contribution is -0.113. The Morgan fingerprint density at radius 3 is 2.53 bits per heavy atom. The SMILES string of the molecule is COc1ccc(/C=C2/SC(=S)N(c3ccccc3OC)C2=O)cc1OCc1c(F)cccc1Cl. The number of anilines is 1. The summed E-state index contributed by atoms with van der Waals surface area (Å²) in [5.41, 5.74) is 1.52. The van der Waals surface area contributed by atoms with Crippen LogP contribution in [0.5, 0.6) is 17.2 Å². The molecular weight excluding hydrogens is 497 g/mol. The van der Waals surface area contributed by atoms with Gasteiger partial charge in [0.15, 0.2) is 15.8 Å².